The van der Waals surface area contributed by atoms with Crippen LogP contribution < -0.4 is 5.56 Å². The maximum Gasteiger partial charge on any atom is 0.258 e. The van der Waals surface area contributed by atoms with E-state index in [0.717, 1.165) is 11.4 Å². The number of aryl methyl sites for hydroxylation is 1. The lowest BCUT2D eigenvalue weighted by Crippen LogP contribution is -2.12. The van der Waals surface area contributed by atoms with E-state index in [4.69, 9.17) is 0 Å². The monoisotopic (exact) mass is 363 g/mol. The van der Waals surface area contributed by atoms with Gasteiger partial charge in [0, 0.05) is 5.56 Å². The summed E-state index contributed by atoms with van der Waals surface area (Å²) in [5, 5.41) is 8.35. The number of benzene rings is 2. The summed E-state index contributed by atoms with van der Waals surface area (Å²) >= 11 is 1.45. The fourth-order valence-corrected chi connectivity index (χ4v) is 3.43. The van der Waals surface area contributed by atoms with E-state index in [0.29, 0.717) is 21.9 Å². The highest BCUT2D eigenvalue weighted by atomic mass is 32.2. The van der Waals surface area contributed by atoms with Crippen LogP contribution in [-0.4, -0.2) is 25.1 Å². The van der Waals surface area contributed by atoms with E-state index in [2.05, 4.69) is 25.1 Å². The van der Waals surface area contributed by atoms with Gasteiger partial charge in [-0.25, -0.2) is 9.97 Å². The first-order valence-electron chi connectivity index (χ1n) is 8.25. The normalized spacial score (nSPS) is 12.4. The Bertz CT molecular complexity index is 1120. The predicted octanol–water partition coefficient (Wildman–Crippen LogP) is 3.87. The van der Waals surface area contributed by atoms with Crippen LogP contribution in [0.2, 0.25) is 0 Å². The van der Waals surface area contributed by atoms with Gasteiger partial charge in [-0.2, -0.15) is 0 Å². The highest BCUT2D eigenvalue weighted by Crippen LogP contribution is 2.31. The SMILES string of the molecule is Cc1ccc(-c2nc(SC(C)c3nc4ccccc4c(=O)[nH]3)n[nH]2)cc1. The third-order valence-corrected chi connectivity index (χ3v) is 5.06. The smallest absolute Gasteiger partial charge is 0.258 e. The second-order valence-electron chi connectivity index (χ2n) is 6.06. The fraction of sp³-hybridized carbons (Fsp3) is 0.158. The average Bonchev–Trinajstić information content (AvgIpc) is 3.10. The van der Waals surface area contributed by atoms with Crippen molar-refractivity contribution in [3.05, 3.63) is 70.3 Å². The molecule has 0 aliphatic heterocycles. The lowest BCUT2D eigenvalue weighted by molar-refractivity contribution is 0.904. The number of hydrogen-bond acceptors (Lipinski definition) is 5. The maximum absolute atomic E-state index is 12.2. The molecule has 0 aliphatic carbocycles. The molecule has 0 saturated heterocycles. The highest BCUT2D eigenvalue weighted by Gasteiger charge is 2.15. The predicted molar refractivity (Wildman–Crippen MR) is 103 cm³/mol. The van der Waals surface area contributed by atoms with Gasteiger partial charge in [0.25, 0.3) is 5.56 Å². The molecule has 6 nitrogen and oxygen atoms in total. The van der Waals surface area contributed by atoms with Crippen molar-refractivity contribution in [1.82, 2.24) is 25.1 Å². The standard InChI is InChI=1S/C19H17N5OS/c1-11-7-9-13(10-8-11)17-22-19(24-23-17)26-12(2)16-20-15-6-4-3-5-14(15)18(25)21-16/h3-10,12H,1-2H3,(H,20,21,25)(H,22,23,24). The number of thioether (sulfide) groups is 1. The number of nitrogens with one attached hydrogen (secondary N) is 2. The van der Waals surface area contributed by atoms with Gasteiger partial charge < -0.3 is 4.98 Å². The van der Waals surface area contributed by atoms with Crippen molar-refractivity contribution in [2.24, 2.45) is 0 Å². The zero-order valence-corrected chi connectivity index (χ0v) is 15.2. The van der Waals surface area contributed by atoms with E-state index in [1.807, 2.05) is 56.3 Å². The summed E-state index contributed by atoms with van der Waals surface area (Å²) in [5.41, 5.74) is 2.74. The molecular weight excluding hydrogens is 346 g/mol. The minimum Gasteiger partial charge on any atom is -0.309 e. The van der Waals surface area contributed by atoms with Crippen molar-refractivity contribution in [2.45, 2.75) is 24.3 Å². The number of hydrogen-bond donors (Lipinski definition) is 2. The minimum atomic E-state index is -0.131. The van der Waals surface area contributed by atoms with Crippen LogP contribution >= 0.6 is 11.8 Å². The summed E-state index contributed by atoms with van der Waals surface area (Å²) in [6.45, 7) is 4.02. The van der Waals surface area contributed by atoms with E-state index < -0.39 is 0 Å². The van der Waals surface area contributed by atoms with Gasteiger partial charge in [-0.05, 0) is 26.0 Å². The summed E-state index contributed by atoms with van der Waals surface area (Å²) in [5.74, 6) is 1.33. The molecule has 0 aliphatic rings. The van der Waals surface area contributed by atoms with Crippen molar-refractivity contribution in [3.63, 3.8) is 0 Å². The first-order valence-corrected chi connectivity index (χ1v) is 9.13. The maximum atomic E-state index is 12.2. The molecule has 0 spiro atoms. The Hall–Kier alpha value is -2.93. The number of rotatable bonds is 4. The van der Waals surface area contributed by atoms with Gasteiger partial charge in [0.1, 0.15) is 5.82 Å². The Kier molecular flexibility index (Phi) is 4.30. The number of nitrogens with zero attached hydrogens (tertiary/aromatic N) is 3. The Morgan fingerprint density at radius 1 is 1.04 bits per heavy atom. The molecule has 130 valence electrons. The molecule has 0 radical (unpaired) electrons. The van der Waals surface area contributed by atoms with E-state index in [9.17, 15) is 4.79 Å². The Labute approximate surface area is 154 Å². The van der Waals surface area contributed by atoms with Gasteiger partial charge in [0.15, 0.2) is 5.82 Å². The van der Waals surface area contributed by atoms with Crippen LogP contribution in [0.15, 0.2) is 58.5 Å². The third-order valence-electron chi connectivity index (χ3n) is 4.09. The molecule has 1 unspecified atom stereocenters. The van der Waals surface area contributed by atoms with E-state index in [1.54, 1.807) is 6.07 Å². The molecule has 2 aromatic carbocycles. The van der Waals surface area contributed by atoms with Crippen molar-refractivity contribution in [2.75, 3.05) is 0 Å². The molecule has 0 fully saturated rings. The summed E-state index contributed by atoms with van der Waals surface area (Å²) in [6.07, 6.45) is 0. The van der Waals surface area contributed by atoms with Crippen molar-refractivity contribution >= 4 is 22.7 Å². The van der Waals surface area contributed by atoms with Crippen molar-refractivity contribution in [3.8, 4) is 11.4 Å². The fourth-order valence-electron chi connectivity index (χ4n) is 2.65. The molecule has 4 rings (SSSR count). The molecule has 4 aromatic rings. The van der Waals surface area contributed by atoms with Gasteiger partial charge in [-0.15, -0.1) is 5.10 Å². The topological polar surface area (TPSA) is 87.3 Å². The van der Waals surface area contributed by atoms with Crippen LogP contribution in [0.3, 0.4) is 0 Å². The molecule has 0 bridgehead atoms. The molecule has 2 heterocycles. The molecule has 26 heavy (non-hydrogen) atoms. The van der Waals surface area contributed by atoms with Crippen molar-refractivity contribution in [1.29, 1.82) is 0 Å². The Morgan fingerprint density at radius 3 is 2.62 bits per heavy atom. The Morgan fingerprint density at radius 2 is 1.81 bits per heavy atom. The van der Waals surface area contributed by atoms with Crippen LogP contribution in [-0.2, 0) is 0 Å². The van der Waals surface area contributed by atoms with Gasteiger partial charge in [-0.3, -0.25) is 9.89 Å². The molecule has 0 amide bonds. The summed E-state index contributed by atoms with van der Waals surface area (Å²) in [4.78, 5) is 24.2. The highest BCUT2D eigenvalue weighted by molar-refractivity contribution is 7.99. The van der Waals surface area contributed by atoms with Crippen LogP contribution in [0.4, 0.5) is 0 Å². The quantitative estimate of drug-likeness (QED) is 0.538. The van der Waals surface area contributed by atoms with Crippen LogP contribution in [0, 0.1) is 6.92 Å². The Balaban J connectivity index is 1.58. The summed E-state index contributed by atoms with van der Waals surface area (Å²) in [7, 11) is 0. The van der Waals surface area contributed by atoms with E-state index >= 15 is 0 Å². The largest absolute Gasteiger partial charge is 0.309 e. The van der Waals surface area contributed by atoms with E-state index in [1.165, 1.54) is 17.3 Å². The zero-order chi connectivity index (χ0) is 18.1. The number of aromatic nitrogens is 5. The number of H-pyrrole nitrogens is 2. The first kappa shape index (κ1) is 16.5. The van der Waals surface area contributed by atoms with Crippen molar-refractivity contribution < 1.29 is 0 Å². The van der Waals surface area contributed by atoms with E-state index in [-0.39, 0.29) is 10.8 Å². The third kappa shape index (κ3) is 3.25. The first-order chi connectivity index (χ1) is 12.6. The number of fused-ring (bicyclic) bond motifs is 1. The molecule has 2 aromatic heterocycles. The van der Waals surface area contributed by atoms with Gasteiger partial charge in [-0.1, -0.05) is 53.7 Å². The number of para-hydroxylation sites is 1. The second-order valence-corrected chi connectivity index (χ2v) is 7.37. The second kappa shape index (κ2) is 6.76. The van der Waals surface area contributed by atoms with Gasteiger partial charge >= 0.3 is 0 Å². The lowest BCUT2D eigenvalue weighted by Gasteiger charge is -2.08. The average molecular weight is 363 g/mol. The molecule has 1 atom stereocenters. The number of aromatic amines is 2. The molecule has 2 N–H and O–H groups in total. The van der Waals surface area contributed by atoms with Crippen LogP contribution in [0.25, 0.3) is 22.3 Å². The summed E-state index contributed by atoms with van der Waals surface area (Å²) in [6, 6.07) is 15.4. The van der Waals surface area contributed by atoms with Gasteiger partial charge in [0.2, 0.25) is 5.16 Å². The molecule has 0 saturated carbocycles. The van der Waals surface area contributed by atoms with Crippen LogP contribution in [0.1, 0.15) is 23.6 Å². The molecule has 7 heteroatoms. The minimum absolute atomic E-state index is 0.0889. The van der Waals surface area contributed by atoms with Crippen LogP contribution in [0.5, 0.6) is 0 Å². The summed E-state index contributed by atoms with van der Waals surface area (Å²) < 4.78 is 0. The van der Waals surface area contributed by atoms with Gasteiger partial charge in [0.05, 0.1) is 16.2 Å². The zero-order valence-electron chi connectivity index (χ0n) is 14.4. The lowest BCUT2D eigenvalue weighted by atomic mass is 10.1. The molecular formula is C19H17N5OS.